The number of aromatic nitrogens is 1. The number of H-pyrrole nitrogens is 1. The molecule has 1 heterocycles. The number of nitro groups is 1. The minimum absolute atomic E-state index is 0.277. The highest BCUT2D eigenvalue weighted by atomic mass is 16.6. The Labute approximate surface area is 64.4 Å². The summed E-state index contributed by atoms with van der Waals surface area (Å²) in [6.07, 6.45) is 2.24. The number of aromatic amines is 1. The van der Waals surface area contributed by atoms with Gasteiger partial charge in [-0.15, -0.1) is 0 Å². The van der Waals surface area contributed by atoms with Crippen LogP contribution in [0.4, 0.5) is 0 Å². The highest BCUT2D eigenvalue weighted by Gasteiger charge is 2.13. The van der Waals surface area contributed by atoms with Gasteiger partial charge in [-0.05, 0) is 12.1 Å². The molecule has 0 amide bonds. The zero-order valence-corrected chi connectivity index (χ0v) is 6.28. The molecule has 0 saturated carbocycles. The lowest BCUT2D eigenvalue weighted by molar-refractivity contribution is -0.517. The number of hydrogen-bond acceptors (Lipinski definition) is 2. The van der Waals surface area contributed by atoms with Crippen LogP contribution in [0.1, 0.15) is 12.6 Å². The van der Waals surface area contributed by atoms with E-state index < -0.39 is 6.04 Å². The van der Waals surface area contributed by atoms with Crippen LogP contribution in [0.5, 0.6) is 0 Å². The van der Waals surface area contributed by atoms with E-state index in [0.29, 0.717) is 6.42 Å². The van der Waals surface area contributed by atoms with E-state index in [9.17, 15) is 10.1 Å². The summed E-state index contributed by atoms with van der Waals surface area (Å²) < 4.78 is 0. The average molecular weight is 154 g/mol. The lowest BCUT2D eigenvalue weighted by Crippen LogP contribution is -2.17. The molecule has 1 N–H and O–H groups in total. The molecular formula is C7H10N2O2. The molecule has 1 aromatic rings. The third-order valence-electron chi connectivity index (χ3n) is 1.54. The first-order chi connectivity index (χ1) is 5.20. The maximum atomic E-state index is 10.2. The van der Waals surface area contributed by atoms with Gasteiger partial charge in [-0.1, -0.05) is 0 Å². The Balaban J connectivity index is 2.50. The first kappa shape index (κ1) is 7.78. The summed E-state index contributed by atoms with van der Waals surface area (Å²) in [6, 6.07) is 3.18. The van der Waals surface area contributed by atoms with Gasteiger partial charge in [0.1, 0.15) is 0 Å². The molecule has 0 aliphatic heterocycles. The maximum absolute atomic E-state index is 10.2. The second kappa shape index (κ2) is 3.18. The van der Waals surface area contributed by atoms with Crippen molar-refractivity contribution in [1.29, 1.82) is 0 Å². The van der Waals surface area contributed by atoms with Gasteiger partial charge in [0.05, 0.1) is 6.42 Å². The van der Waals surface area contributed by atoms with Crippen molar-refractivity contribution in [3.63, 3.8) is 0 Å². The number of hydrogen-bond donors (Lipinski definition) is 1. The summed E-state index contributed by atoms with van der Waals surface area (Å²) >= 11 is 0. The van der Waals surface area contributed by atoms with Crippen molar-refractivity contribution in [3.8, 4) is 0 Å². The van der Waals surface area contributed by atoms with Gasteiger partial charge in [0.15, 0.2) is 0 Å². The molecule has 1 unspecified atom stereocenters. The smallest absolute Gasteiger partial charge is 0.215 e. The molecule has 0 bridgehead atoms. The van der Waals surface area contributed by atoms with Gasteiger partial charge in [0, 0.05) is 23.7 Å². The van der Waals surface area contributed by atoms with Gasteiger partial charge in [-0.25, -0.2) is 0 Å². The summed E-state index contributed by atoms with van der Waals surface area (Å²) in [7, 11) is 0. The van der Waals surface area contributed by atoms with Crippen LogP contribution in [0, 0.1) is 10.1 Å². The van der Waals surface area contributed by atoms with Crippen molar-refractivity contribution in [2.45, 2.75) is 19.4 Å². The first-order valence-corrected chi connectivity index (χ1v) is 3.46. The van der Waals surface area contributed by atoms with Crippen molar-refractivity contribution >= 4 is 0 Å². The molecule has 0 spiro atoms. The minimum atomic E-state index is -0.506. The Bertz CT molecular complexity index is 231. The van der Waals surface area contributed by atoms with Crippen molar-refractivity contribution in [1.82, 2.24) is 4.98 Å². The second-order valence-electron chi connectivity index (χ2n) is 2.53. The molecule has 0 aromatic carbocycles. The van der Waals surface area contributed by atoms with E-state index in [2.05, 4.69) is 4.98 Å². The van der Waals surface area contributed by atoms with Gasteiger partial charge < -0.3 is 4.98 Å². The predicted octanol–water partition coefficient (Wildman–Crippen LogP) is 1.22. The molecule has 0 radical (unpaired) electrons. The third kappa shape index (κ3) is 2.07. The van der Waals surface area contributed by atoms with Gasteiger partial charge in [0.25, 0.3) is 0 Å². The van der Waals surface area contributed by atoms with Crippen LogP contribution < -0.4 is 0 Å². The van der Waals surface area contributed by atoms with Gasteiger partial charge in [-0.3, -0.25) is 10.1 Å². The Kier molecular flexibility index (Phi) is 2.25. The molecule has 0 aliphatic carbocycles. The zero-order valence-electron chi connectivity index (χ0n) is 6.28. The SMILES string of the molecule is CC(Cc1ccc[nH]1)[N+](=O)[O-]. The molecule has 0 aliphatic rings. The molecule has 1 aromatic heterocycles. The zero-order chi connectivity index (χ0) is 8.27. The van der Waals surface area contributed by atoms with Crippen molar-refractivity contribution in [3.05, 3.63) is 34.1 Å². The third-order valence-corrected chi connectivity index (χ3v) is 1.54. The Morgan fingerprint density at radius 2 is 2.55 bits per heavy atom. The maximum Gasteiger partial charge on any atom is 0.215 e. The van der Waals surface area contributed by atoms with Crippen molar-refractivity contribution < 1.29 is 4.92 Å². The molecule has 60 valence electrons. The summed E-state index contributed by atoms with van der Waals surface area (Å²) in [5.74, 6) is 0. The first-order valence-electron chi connectivity index (χ1n) is 3.46. The van der Waals surface area contributed by atoms with Crippen LogP contribution in [0.2, 0.25) is 0 Å². The van der Waals surface area contributed by atoms with E-state index in [0.717, 1.165) is 5.69 Å². The second-order valence-corrected chi connectivity index (χ2v) is 2.53. The topological polar surface area (TPSA) is 58.9 Å². The number of nitrogens with zero attached hydrogens (tertiary/aromatic N) is 1. The highest BCUT2D eigenvalue weighted by molar-refractivity contribution is 5.04. The van der Waals surface area contributed by atoms with E-state index in [1.165, 1.54) is 0 Å². The molecule has 0 fully saturated rings. The lowest BCUT2D eigenvalue weighted by Gasteiger charge is -2.00. The lowest BCUT2D eigenvalue weighted by atomic mass is 10.2. The Morgan fingerprint density at radius 1 is 1.82 bits per heavy atom. The van der Waals surface area contributed by atoms with Crippen LogP contribution in [0.15, 0.2) is 18.3 Å². The van der Waals surface area contributed by atoms with E-state index in [1.54, 1.807) is 13.1 Å². The van der Waals surface area contributed by atoms with Crippen LogP contribution in [-0.2, 0) is 6.42 Å². The van der Waals surface area contributed by atoms with E-state index in [4.69, 9.17) is 0 Å². The van der Waals surface area contributed by atoms with Crippen molar-refractivity contribution in [2.75, 3.05) is 0 Å². The monoisotopic (exact) mass is 154 g/mol. The average Bonchev–Trinajstić information content (AvgIpc) is 2.39. The van der Waals surface area contributed by atoms with Gasteiger partial charge in [-0.2, -0.15) is 0 Å². The quantitative estimate of drug-likeness (QED) is 0.525. The molecule has 1 atom stereocenters. The van der Waals surface area contributed by atoms with Gasteiger partial charge >= 0.3 is 0 Å². The summed E-state index contributed by atoms with van der Waals surface area (Å²) in [6.45, 7) is 1.60. The van der Waals surface area contributed by atoms with Crippen LogP contribution in [0.3, 0.4) is 0 Å². The predicted molar refractivity (Wildman–Crippen MR) is 41.0 cm³/mol. The molecule has 1 rings (SSSR count). The van der Waals surface area contributed by atoms with Gasteiger partial charge in [0.2, 0.25) is 6.04 Å². The van der Waals surface area contributed by atoms with E-state index in [1.807, 2.05) is 12.1 Å². The summed E-state index contributed by atoms with van der Waals surface area (Å²) in [5.41, 5.74) is 0.911. The highest BCUT2D eigenvalue weighted by Crippen LogP contribution is 2.01. The fraction of sp³-hybridized carbons (Fsp3) is 0.429. The number of rotatable bonds is 3. The molecular weight excluding hydrogens is 144 g/mol. The summed E-state index contributed by atoms with van der Waals surface area (Å²) in [5, 5.41) is 10.2. The van der Waals surface area contributed by atoms with Crippen LogP contribution in [-0.4, -0.2) is 15.9 Å². The fourth-order valence-electron chi connectivity index (χ4n) is 0.887. The van der Waals surface area contributed by atoms with E-state index in [-0.39, 0.29) is 4.92 Å². The summed E-state index contributed by atoms with van der Waals surface area (Å²) in [4.78, 5) is 12.9. The van der Waals surface area contributed by atoms with Crippen LogP contribution >= 0.6 is 0 Å². The molecule has 4 heteroatoms. The normalized spacial score (nSPS) is 12.8. The minimum Gasteiger partial charge on any atom is -0.365 e. The standard InChI is InChI=1S/C7H10N2O2/c1-6(9(10)11)5-7-3-2-4-8-7/h2-4,6,8H,5H2,1H3. The van der Waals surface area contributed by atoms with Crippen LogP contribution in [0.25, 0.3) is 0 Å². The largest absolute Gasteiger partial charge is 0.365 e. The van der Waals surface area contributed by atoms with E-state index >= 15 is 0 Å². The molecule has 4 nitrogen and oxygen atoms in total. The number of nitrogens with one attached hydrogen (secondary N) is 1. The molecule has 11 heavy (non-hydrogen) atoms. The fourth-order valence-corrected chi connectivity index (χ4v) is 0.887. The Hall–Kier alpha value is -1.32. The molecule has 0 saturated heterocycles. The Morgan fingerprint density at radius 3 is 3.00 bits per heavy atom. The van der Waals surface area contributed by atoms with Crippen molar-refractivity contribution in [2.24, 2.45) is 0 Å².